The van der Waals surface area contributed by atoms with Crippen LogP contribution in [0.4, 0.5) is 5.00 Å². The van der Waals surface area contributed by atoms with Crippen LogP contribution in [0, 0.1) is 6.92 Å². The van der Waals surface area contributed by atoms with E-state index in [2.05, 4.69) is 4.98 Å². The summed E-state index contributed by atoms with van der Waals surface area (Å²) in [7, 11) is -3.81. The van der Waals surface area contributed by atoms with Gasteiger partial charge >= 0.3 is 0 Å². The van der Waals surface area contributed by atoms with Gasteiger partial charge in [0.05, 0.1) is 23.9 Å². The number of ketones is 1. The van der Waals surface area contributed by atoms with Gasteiger partial charge in [0.1, 0.15) is 5.00 Å². The third-order valence-corrected chi connectivity index (χ3v) is 9.26. The van der Waals surface area contributed by atoms with Crippen molar-refractivity contribution in [2.45, 2.75) is 21.2 Å². The van der Waals surface area contributed by atoms with Crippen LogP contribution in [0.15, 0.2) is 62.8 Å². The second-order valence-corrected chi connectivity index (χ2v) is 11.7. The van der Waals surface area contributed by atoms with Gasteiger partial charge in [-0.3, -0.25) is 4.79 Å². The molecule has 32 heavy (non-hydrogen) atoms. The van der Waals surface area contributed by atoms with Gasteiger partial charge in [0.15, 0.2) is 15.1 Å². The van der Waals surface area contributed by atoms with E-state index in [1.165, 1.54) is 23.1 Å². The largest absolute Gasteiger partial charge is 0.378 e. The first-order valence-corrected chi connectivity index (χ1v) is 13.6. The molecule has 0 amide bonds. The first kappa shape index (κ1) is 23.3. The summed E-state index contributed by atoms with van der Waals surface area (Å²) in [5.41, 5.74) is 1.53. The van der Waals surface area contributed by atoms with Crippen molar-refractivity contribution in [3.63, 3.8) is 0 Å². The average Bonchev–Trinajstić information content (AvgIpc) is 3.24. The summed E-state index contributed by atoms with van der Waals surface area (Å²) in [5, 5.41) is 1.19. The van der Waals surface area contributed by atoms with Crippen molar-refractivity contribution in [3.05, 3.63) is 64.7 Å². The molecule has 0 spiro atoms. The Morgan fingerprint density at radius 2 is 1.78 bits per heavy atom. The van der Waals surface area contributed by atoms with Crippen molar-refractivity contribution in [2.24, 2.45) is 0 Å². The summed E-state index contributed by atoms with van der Waals surface area (Å²) in [6.07, 6.45) is 0. The molecule has 1 fully saturated rings. The van der Waals surface area contributed by atoms with E-state index in [0.717, 1.165) is 5.56 Å². The Bertz CT molecular complexity index is 1200. The van der Waals surface area contributed by atoms with Crippen LogP contribution >= 0.6 is 34.7 Å². The number of morpholine rings is 1. The fraction of sp³-hybridized carbons (Fsp3) is 0.273. The number of Topliss-reactive ketones (excluding diaryl/α,β-unsaturated/α-hetero) is 1. The smallest absolute Gasteiger partial charge is 0.226 e. The molecule has 0 unspecified atom stereocenters. The average molecular weight is 509 g/mol. The first-order valence-electron chi connectivity index (χ1n) is 9.91. The molecular formula is C22H21ClN2O4S3. The normalized spacial score (nSPS) is 14.5. The van der Waals surface area contributed by atoms with Crippen LogP contribution in [0.3, 0.4) is 0 Å². The van der Waals surface area contributed by atoms with Gasteiger partial charge < -0.3 is 9.64 Å². The predicted molar refractivity (Wildman–Crippen MR) is 128 cm³/mol. The van der Waals surface area contributed by atoms with Crippen molar-refractivity contribution in [2.75, 3.05) is 37.0 Å². The maximum atomic E-state index is 13.4. The van der Waals surface area contributed by atoms with E-state index in [9.17, 15) is 13.2 Å². The second-order valence-electron chi connectivity index (χ2n) is 7.22. The number of benzene rings is 2. The van der Waals surface area contributed by atoms with Crippen LogP contribution in [-0.4, -0.2) is 51.2 Å². The molecule has 0 aliphatic carbocycles. The zero-order valence-corrected chi connectivity index (χ0v) is 20.5. The van der Waals surface area contributed by atoms with Crippen molar-refractivity contribution in [1.29, 1.82) is 0 Å². The minimum atomic E-state index is -3.81. The van der Waals surface area contributed by atoms with E-state index >= 15 is 0 Å². The van der Waals surface area contributed by atoms with Crippen molar-refractivity contribution < 1.29 is 17.9 Å². The van der Waals surface area contributed by atoms with Gasteiger partial charge in [-0.2, -0.15) is 0 Å². The number of thioether (sulfide) groups is 1. The quantitative estimate of drug-likeness (QED) is 0.336. The summed E-state index contributed by atoms with van der Waals surface area (Å²) in [6, 6.07) is 13.5. The SMILES string of the molecule is Cc1ccc(S(=O)(=O)c2nc(SCC(=O)c3ccc(Cl)cc3)sc2N2CCOCC2)cc1. The third kappa shape index (κ3) is 5.18. The minimum Gasteiger partial charge on any atom is -0.378 e. The highest BCUT2D eigenvalue weighted by Crippen LogP contribution is 2.39. The number of nitrogens with zero attached hydrogens (tertiary/aromatic N) is 2. The highest BCUT2D eigenvalue weighted by atomic mass is 35.5. The second kappa shape index (κ2) is 9.93. The molecule has 1 saturated heterocycles. The molecule has 1 aliphatic rings. The lowest BCUT2D eigenvalue weighted by molar-refractivity contribution is 0.102. The summed E-state index contributed by atoms with van der Waals surface area (Å²) in [6.45, 7) is 4.14. The molecule has 1 aliphatic heterocycles. The van der Waals surface area contributed by atoms with Crippen LogP contribution in [0.25, 0.3) is 0 Å². The molecule has 0 atom stereocenters. The maximum absolute atomic E-state index is 13.4. The summed E-state index contributed by atoms with van der Waals surface area (Å²) in [5.74, 6) is 0.0829. The number of anilines is 1. The van der Waals surface area contributed by atoms with Gasteiger partial charge in [0.25, 0.3) is 0 Å². The number of halogens is 1. The maximum Gasteiger partial charge on any atom is 0.226 e. The Morgan fingerprint density at radius 3 is 2.44 bits per heavy atom. The van der Waals surface area contributed by atoms with Crippen LogP contribution < -0.4 is 4.90 Å². The Hall–Kier alpha value is -1.91. The fourth-order valence-corrected chi connectivity index (χ4v) is 7.12. The van der Waals surface area contributed by atoms with E-state index in [4.69, 9.17) is 16.3 Å². The Labute approximate surface area is 200 Å². The molecule has 0 radical (unpaired) electrons. The van der Waals surface area contributed by atoms with E-state index in [1.807, 2.05) is 11.8 Å². The van der Waals surface area contributed by atoms with Crippen molar-refractivity contribution in [1.82, 2.24) is 4.98 Å². The topological polar surface area (TPSA) is 76.6 Å². The van der Waals surface area contributed by atoms with E-state index in [-0.39, 0.29) is 21.5 Å². The molecule has 6 nitrogen and oxygen atoms in total. The van der Waals surface area contributed by atoms with E-state index < -0.39 is 9.84 Å². The molecular weight excluding hydrogens is 488 g/mol. The number of hydrogen-bond acceptors (Lipinski definition) is 8. The molecule has 0 bridgehead atoms. The van der Waals surface area contributed by atoms with Gasteiger partial charge in [0.2, 0.25) is 9.84 Å². The van der Waals surface area contributed by atoms with E-state index in [1.54, 1.807) is 48.5 Å². The Kier molecular flexibility index (Phi) is 7.21. The van der Waals surface area contributed by atoms with E-state index in [0.29, 0.717) is 46.2 Å². The minimum absolute atomic E-state index is 0.0368. The van der Waals surface area contributed by atoms with Crippen molar-refractivity contribution in [3.8, 4) is 0 Å². The molecule has 1 aromatic heterocycles. The zero-order chi connectivity index (χ0) is 22.7. The molecule has 2 heterocycles. The number of aryl methyl sites for hydroxylation is 1. The number of carbonyl (C=O) groups is 1. The first-order chi connectivity index (χ1) is 15.3. The molecule has 3 aromatic rings. The van der Waals surface area contributed by atoms with Crippen LogP contribution in [0.5, 0.6) is 0 Å². The predicted octanol–water partition coefficient (Wildman–Crippen LogP) is 4.75. The van der Waals surface area contributed by atoms with Crippen LogP contribution in [-0.2, 0) is 14.6 Å². The number of thiazole rings is 1. The lowest BCUT2D eigenvalue weighted by Crippen LogP contribution is -2.36. The molecule has 10 heteroatoms. The standard InChI is InChI=1S/C22H21ClN2O4S3/c1-15-2-8-18(9-3-15)32(27,28)20-21(25-10-12-29-13-11-25)31-22(24-20)30-14-19(26)16-4-6-17(23)7-5-16/h2-9H,10-14H2,1H3. The fourth-order valence-electron chi connectivity index (χ4n) is 3.16. The molecule has 4 rings (SSSR count). The monoisotopic (exact) mass is 508 g/mol. The molecule has 2 aromatic carbocycles. The van der Waals surface area contributed by atoms with Gasteiger partial charge in [-0.25, -0.2) is 13.4 Å². The number of carbonyl (C=O) groups excluding carboxylic acids is 1. The number of ether oxygens (including phenoxy) is 1. The summed E-state index contributed by atoms with van der Waals surface area (Å²) >= 11 is 8.43. The molecule has 0 saturated carbocycles. The van der Waals surface area contributed by atoms with Crippen LogP contribution in [0.1, 0.15) is 15.9 Å². The number of sulfone groups is 1. The van der Waals surface area contributed by atoms with Gasteiger partial charge in [-0.05, 0) is 43.3 Å². The lowest BCUT2D eigenvalue weighted by Gasteiger charge is -2.27. The van der Waals surface area contributed by atoms with Crippen molar-refractivity contribution >= 4 is 55.3 Å². The highest BCUT2D eigenvalue weighted by Gasteiger charge is 2.30. The Balaban J connectivity index is 1.62. The Morgan fingerprint density at radius 1 is 1.12 bits per heavy atom. The number of hydrogen-bond donors (Lipinski definition) is 0. The van der Waals surface area contributed by atoms with Crippen LogP contribution in [0.2, 0.25) is 5.02 Å². The molecule has 0 N–H and O–H groups in total. The van der Waals surface area contributed by atoms with Gasteiger partial charge in [0, 0.05) is 23.7 Å². The van der Waals surface area contributed by atoms with Gasteiger partial charge in [-0.15, -0.1) is 0 Å². The molecule has 168 valence electrons. The number of aromatic nitrogens is 1. The van der Waals surface area contributed by atoms with Gasteiger partial charge in [-0.1, -0.05) is 52.4 Å². The zero-order valence-electron chi connectivity index (χ0n) is 17.3. The summed E-state index contributed by atoms with van der Waals surface area (Å²) < 4.78 is 32.8. The lowest BCUT2D eigenvalue weighted by atomic mass is 10.1. The highest BCUT2D eigenvalue weighted by molar-refractivity contribution is 8.01. The summed E-state index contributed by atoms with van der Waals surface area (Å²) in [4.78, 5) is 19.2. The number of rotatable bonds is 7. The third-order valence-electron chi connectivity index (χ3n) is 4.94.